The van der Waals surface area contributed by atoms with Crippen LogP contribution in [0.2, 0.25) is 0 Å². The van der Waals surface area contributed by atoms with Gasteiger partial charge >= 0.3 is 5.97 Å². The van der Waals surface area contributed by atoms with Crippen LogP contribution in [-0.2, 0) is 22.4 Å². The van der Waals surface area contributed by atoms with Crippen LogP contribution in [0.1, 0.15) is 36.3 Å². The van der Waals surface area contributed by atoms with Crippen molar-refractivity contribution in [1.29, 1.82) is 0 Å². The molecule has 0 bridgehead atoms. The number of aromatic nitrogens is 1. The van der Waals surface area contributed by atoms with Crippen molar-refractivity contribution in [2.75, 3.05) is 5.32 Å². The Hall–Kier alpha value is -1.14. The molecule has 1 heterocycles. The molecular weight excluding hydrogens is 276 g/mol. The number of nitrogens with one attached hydrogen (secondary N) is 1. The minimum atomic E-state index is -0.960. The molecule has 0 radical (unpaired) electrons. The highest BCUT2D eigenvalue weighted by Gasteiger charge is 2.16. The maximum Gasteiger partial charge on any atom is 0.303 e. The predicted octanol–water partition coefficient (Wildman–Crippen LogP) is 2.25. The molecule has 0 aliphatic heterocycles. The molecule has 2 rings (SSSR count). The minimum Gasteiger partial charge on any atom is -0.481 e. The summed E-state index contributed by atoms with van der Waals surface area (Å²) in [5.74, 6) is -1.24. The largest absolute Gasteiger partial charge is 0.481 e. The second-order valence-electron chi connectivity index (χ2n) is 4.04. The molecule has 18 heavy (non-hydrogen) atoms. The molecule has 1 aliphatic rings. The van der Waals surface area contributed by atoms with E-state index in [2.05, 4.69) is 10.3 Å². The quantitative estimate of drug-likeness (QED) is 0.891. The molecule has 1 aliphatic carbocycles. The van der Waals surface area contributed by atoms with E-state index in [-0.39, 0.29) is 31.2 Å². The number of carboxylic acid groups (broad SMARTS) is 1. The van der Waals surface area contributed by atoms with E-state index >= 15 is 0 Å². The standard InChI is InChI=1S/C11H14N2O3S.ClH/c14-9(5-6-10(15)16)13-11-12-7-3-1-2-4-8(7)17-11;/h1-6H2,(H,15,16)(H,12,13,14);1H. The number of amides is 1. The van der Waals surface area contributed by atoms with E-state index in [0.29, 0.717) is 5.13 Å². The van der Waals surface area contributed by atoms with Crippen LogP contribution in [0.4, 0.5) is 5.13 Å². The van der Waals surface area contributed by atoms with Gasteiger partial charge in [0, 0.05) is 11.3 Å². The molecule has 0 spiro atoms. The minimum absolute atomic E-state index is 0. The molecule has 1 amide bonds. The van der Waals surface area contributed by atoms with Gasteiger partial charge in [-0.1, -0.05) is 0 Å². The third kappa shape index (κ3) is 3.96. The lowest BCUT2D eigenvalue weighted by Gasteiger charge is -2.06. The number of carbonyl (C=O) groups excluding carboxylic acids is 1. The van der Waals surface area contributed by atoms with Gasteiger partial charge in [0.2, 0.25) is 5.91 Å². The monoisotopic (exact) mass is 290 g/mol. The van der Waals surface area contributed by atoms with Crippen LogP contribution in [0.15, 0.2) is 0 Å². The summed E-state index contributed by atoms with van der Waals surface area (Å²) in [7, 11) is 0. The number of thiazole rings is 1. The second-order valence-corrected chi connectivity index (χ2v) is 5.12. The zero-order valence-corrected chi connectivity index (χ0v) is 11.4. The topological polar surface area (TPSA) is 79.3 Å². The van der Waals surface area contributed by atoms with E-state index in [4.69, 9.17) is 5.11 Å². The number of nitrogens with zero attached hydrogens (tertiary/aromatic N) is 1. The van der Waals surface area contributed by atoms with E-state index in [0.717, 1.165) is 25.0 Å². The lowest BCUT2D eigenvalue weighted by molar-refractivity contribution is -0.138. The number of aliphatic carboxylic acids is 1. The zero-order chi connectivity index (χ0) is 12.3. The van der Waals surface area contributed by atoms with Crippen molar-refractivity contribution in [3.05, 3.63) is 10.6 Å². The number of carbonyl (C=O) groups is 2. The fourth-order valence-corrected chi connectivity index (χ4v) is 2.87. The number of rotatable bonds is 4. The molecule has 1 aromatic rings. The smallest absolute Gasteiger partial charge is 0.303 e. The first-order valence-electron chi connectivity index (χ1n) is 5.65. The normalized spacial score (nSPS) is 13.3. The summed E-state index contributed by atoms with van der Waals surface area (Å²) in [5.41, 5.74) is 1.09. The lowest BCUT2D eigenvalue weighted by atomic mass is 10.0. The average molecular weight is 291 g/mol. The highest BCUT2D eigenvalue weighted by molar-refractivity contribution is 7.15. The number of anilines is 1. The van der Waals surface area contributed by atoms with Gasteiger partial charge in [-0.2, -0.15) is 0 Å². The third-order valence-corrected chi connectivity index (χ3v) is 3.73. The molecule has 0 atom stereocenters. The van der Waals surface area contributed by atoms with Crippen LogP contribution in [0.5, 0.6) is 0 Å². The van der Waals surface area contributed by atoms with Crippen molar-refractivity contribution in [1.82, 2.24) is 4.98 Å². The molecule has 2 N–H and O–H groups in total. The second kappa shape index (κ2) is 6.70. The van der Waals surface area contributed by atoms with Gasteiger partial charge in [-0.15, -0.1) is 23.7 Å². The van der Waals surface area contributed by atoms with E-state index in [9.17, 15) is 9.59 Å². The van der Waals surface area contributed by atoms with Gasteiger partial charge in [-0.3, -0.25) is 9.59 Å². The van der Waals surface area contributed by atoms with Crippen molar-refractivity contribution >= 4 is 40.8 Å². The fourth-order valence-electron chi connectivity index (χ4n) is 1.81. The van der Waals surface area contributed by atoms with Crippen molar-refractivity contribution in [3.8, 4) is 0 Å². The molecule has 1 aromatic heterocycles. The Kier molecular flexibility index (Phi) is 5.55. The van der Waals surface area contributed by atoms with Crippen molar-refractivity contribution in [2.45, 2.75) is 38.5 Å². The van der Waals surface area contributed by atoms with Crippen LogP contribution >= 0.6 is 23.7 Å². The Labute approximate surface area is 115 Å². The van der Waals surface area contributed by atoms with E-state index in [1.807, 2.05) is 0 Å². The molecule has 0 saturated carbocycles. The van der Waals surface area contributed by atoms with Gasteiger partial charge in [-0.05, 0) is 25.7 Å². The predicted molar refractivity (Wildman–Crippen MR) is 71.5 cm³/mol. The number of carboxylic acids is 1. The summed E-state index contributed by atoms with van der Waals surface area (Å²) in [6, 6.07) is 0. The summed E-state index contributed by atoms with van der Waals surface area (Å²) < 4.78 is 0. The van der Waals surface area contributed by atoms with Gasteiger partial charge in [-0.25, -0.2) is 4.98 Å². The highest BCUT2D eigenvalue weighted by atomic mass is 35.5. The molecule has 100 valence electrons. The number of hydrogen-bond acceptors (Lipinski definition) is 4. The molecule has 7 heteroatoms. The fraction of sp³-hybridized carbons (Fsp3) is 0.545. The van der Waals surface area contributed by atoms with Gasteiger partial charge in [0.15, 0.2) is 5.13 Å². The zero-order valence-electron chi connectivity index (χ0n) is 9.77. The Morgan fingerprint density at radius 2 is 2.00 bits per heavy atom. The van der Waals surface area contributed by atoms with Crippen molar-refractivity contribution < 1.29 is 14.7 Å². The number of fused-ring (bicyclic) bond motifs is 1. The number of aryl methyl sites for hydroxylation is 2. The molecule has 0 aromatic carbocycles. The summed E-state index contributed by atoms with van der Waals surface area (Å²) in [6.07, 6.45) is 4.22. The van der Waals surface area contributed by atoms with Crippen LogP contribution in [0.25, 0.3) is 0 Å². The Morgan fingerprint density at radius 1 is 1.28 bits per heavy atom. The van der Waals surface area contributed by atoms with E-state index in [1.54, 1.807) is 0 Å². The van der Waals surface area contributed by atoms with E-state index in [1.165, 1.54) is 22.6 Å². The summed E-state index contributed by atoms with van der Waals surface area (Å²) in [5, 5.41) is 11.7. The highest BCUT2D eigenvalue weighted by Crippen LogP contribution is 2.29. The number of hydrogen-bond donors (Lipinski definition) is 2. The van der Waals surface area contributed by atoms with Crippen molar-refractivity contribution in [2.24, 2.45) is 0 Å². The number of halogens is 1. The summed E-state index contributed by atoms with van der Waals surface area (Å²) in [4.78, 5) is 27.4. The Bertz CT molecular complexity index is 424. The van der Waals surface area contributed by atoms with Crippen molar-refractivity contribution in [3.63, 3.8) is 0 Å². The van der Waals surface area contributed by atoms with Crippen LogP contribution in [0.3, 0.4) is 0 Å². The third-order valence-electron chi connectivity index (χ3n) is 2.66. The maximum absolute atomic E-state index is 11.4. The van der Waals surface area contributed by atoms with Gasteiger partial charge in [0.25, 0.3) is 0 Å². The van der Waals surface area contributed by atoms with E-state index < -0.39 is 5.97 Å². The first-order chi connectivity index (χ1) is 8.15. The molecule has 0 unspecified atom stereocenters. The van der Waals surface area contributed by atoms with Gasteiger partial charge in [0.05, 0.1) is 12.1 Å². The summed E-state index contributed by atoms with van der Waals surface area (Å²) in [6.45, 7) is 0. The molecule has 0 saturated heterocycles. The average Bonchev–Trinajstić information content (AvgIpc) is 2.68. The van der Waals surface area contributed by atoms with Crippen LogP contribution < -0.4 is 5.32 Å². The SMILES string of the molecule is Cl.O=C(O)CCC(=O)Nc1nc2c(s1)CCCC2. The van der Waals surface area contributed by atoms with Crippen LogP contribution in [0, 0.1) is 0 Å². The first-order valence-corrected chi connectivity index (χ1v) is 6.47. The Morgan fingerprint density at radius 3 is 2.67 bits per heavy atom. The molecular formula is C11H15ClN2O3S. The van der Waals surface area contributed by atoms with Gasteiger partial charge in [0.1, 0.15) is 0 Å². The molecule has 0 fully saturated rings. The van der Waals surface area contributed by atoms with Crippen LogP contribution in [-0.4, -0.2) is 22.0 Å². The summed E-state index contributed by atoms with van der Waals surface area (Å²) >= 11 is 1.51. The van der Waals surface area contributed by atoms with Gasteiger partial charge < -0.3 is 10.4 Å². The lowest BCUT2D eigenvalue weighted by Crippen LogP contribution is -2.13. The maximum atomic E-state index is 11.4. The first kappa shape index (κ1) is 14.9. The Balaban J connectivity index is 0.00000162. The molecule has 5 nitrogen and oxygen atoms in total.